The fourth-order valence-electron chi connectivity index (χ4n) is 1.30. The van der Waals surface area contributed by atoms with Gasteiger partial charge in [0.05, 0.1) is 17.0 Å². The molecule has 0 fully saturated rings. The summed E-state index contributed by atoms with van der Waals surface area (Å²) in [6.45, 7) is 5.53. The molecule has 0 bridgehead atoms. The number of carboxylic acids is 1. The predicted molar refractivity (Wildman–Crippen MR) is 65.8 cm³/mol. The molecule has 0 aliphatic rings. The molecular formula is C13H16N2O2. The maximum atomic E-state index is 10.9. The molecule has 4 nitrogen and oxygen atoms in total. The maximum absolute atomic E-state index is 10.9. The third-order valence-electron chi connectivity index (χ3n) is 2.66. The van der Waals surface area contributed by atoms with Gasteiger partial charge in [-0.15, -0.1) is 0 Å². The van der Waals surface area contributed by atoms with Crippen molar-refractivity contribution in [2.45, 2.75) is 20.8 Å². The van der Waals surface area contributed by atoms with E-state index in [-0.39, 0.29) is 0 Å². The Balaban J connectivity index is 2.75. The van der Waals surface area contributed by atoms with E-state index in [9.17, 15) is 4.79 Å². The molecule has 0 heterocycles. The van der Waals surface area contributed by atoms with Gasteiger partial charge in [-0.25, -0.2) is 0 Å². The van der Waals surface area contributed by atoms with Gasteiger partial charge in [0, 0.05) is 12.2 Å². The van der Waals surface area contributed by atoms with Gasteiger partial charge in [-0.3, -0.25) is 4.79 Å². The lowest BCUT2D eigenvalue weighted by Gasteiger charge is -2.20. The van der Waals surface area contributed by atoms with Gasteiger partial charge in [-0.05, 0) is 44.5 Å². The Kier molecular flexibility index (Phi) is 3.74. The summed E-state index contributed by atoms with van der Waals surface area (Å²) in [6.07, 6.45) is 0. The predicted octanol–water partition coefficient (Wildman–Crippen LogP) is 2.39. The van der Waals surface area contributed by atoms with Crippen molar-refractivity contribution in [1.29, 1.82) is 5.26 Å². The van der Waals surface area contributed by atoms with Crippen LogP contribution in [0.5, 0.6) is 0 Å². The van der Waals surface area contributed by atoms with E-state index >= 15 is 0 Å². The molecule has 17 heavy (non-hydrogen) atoms. The monoisotopic (exact) mass is 232 g/mol. The van der Waals surface area contributed by atoms with Crippen LogP contribution in [0, 0.1) is 23.7 Å². The molecule has 0 atom stereocenters. The van der Waals surface area contributed by atoms with Crippen LogP contribution in [0.4, 0.5) is 5.69 Å². The molecule has 4 heteroatoms. The molecule has 0 saturated carbocycles. The van der Waals surface area contributed by atoms with Gasteiger partial charge in [-0.2, -0.15) is 5.26 Å². The molecule has 0 aromatic heterocycles. The molecular weight excluding hydrogens is 216 g/mol. The van der Waals surface area contributed by atoms with Crippen molar-refractivity contribution in [2.75, 3.05) is 11.9 Å². The zero-order chi connectivity index (χ0) is 13.1. The fraction of sp³-hybridized carbons (Fsp3) is 0.385. The second-order valence-electron chi connectivity index (χ2n) is 4.68. The molecule has 90 valence electrons. The number of aliphatic carboxylic acids is 1. The second kappa shape index (κ2) is 4.88. The average Bonchev–Trinajstić information content (AvgIpc) is 2.26. The number of benzene rings is 1. The molecule has 0 aliphatic carbocycles. The van der Waals surface area contributed by atoms with Gasteiger partial charge in [0.1, 0.15) is 0 Å². The van der Waals surface area contributed by atoms with Gasteiger partial charge in [-0.1, -0.05) is 0 Å². The van der Waals surface area contributed by atoms with Crippen LogP contribution in [0.25, 0.3) is 0 Å². The van der Waals surface area contributed by atoms with Crippen molar-refractivity contribution in [3.05, 3.63) is 29.3 Å². The van der Waals surface area contributed by atoms with Crippen LogP contribution in [0.2, 0.25) is 0 Å². The lowest BCUT2D eigenvalue weighted by atomic mass is 9.94. The minimum Gasteiger partial charge on any atom is -0.481 e. The molecule has 1 rings (SSSR count). The Morgan fingerprint density at radius 2 is 2.18 bits per heavy atom. The van der Waals surface area contributed by atoms with Crippen LogP contribution < -0.4 is 5.32 Å². The number of nitriles is 1. The summed E-state index contributed by atoms with van der Waals surface area (Å²) >= 11 is 0. The first kappa shape index (κ1) is 13.0. The first-order valence-electron chi connectivity index (χ1n) is 5.35. The van der Waals surface area contributed by atoms with E-state index in [1.54, 1.807) is 26.0 Å². The van der Waals surface area contributed by atoms with Crippen molar-refractivity contribution < 1.29 is 9.90 Å². The highest BCUT2D eigenvalue weighted by atomic mass is 16.4. The lowest BCUT2D eigenvalue weighted by molar-refractivity contribution is -0.146. The molecule has 1 aromatic rings. The number of hydrogen-bond donors (Lipinski definition) is 2. The number of nitrogens with zero attached hydrogens (tertiary/aromatic N) is 1. The van der Waals surface area contributed by atoms with Crippen molar-refractivity contribution in [3.63, 3.8) is 0 Å². The molecule has 0 aliphatic heterocycles. The van der Waals surface area contributed by atoms with E-state index < -0.39 is 11.4 Å². The first-order chi connectivity index (χ1) is 7.86. The molecule has 0 spiro atoms. The van der Waals surface area contributed by atoms with Gasteiger partial charge in [0.2, 0.25) is 0 Å². The minimum atomic E-state index is -0.838. The first-order valence-corrected chi connectivity index (χ1v) is 5.35. The summed E-state index contributed by atoms with van der Waals surface area (Å²) in [5.41, 5.74) is 1.52. The van der Waals surface area contributed by atoms with E-state index in [4.69, 9.17) is 10.4 Å². The summed E-state index contributed by atoms with van der Waals surface area (Å²) < 4.78 is 0. The second-order valence-corrected chi connectivity index (χ2v) is 4.68. The number of carbonyl (C=O) groups is 1. The Bertz CT molecular complexity index is 473. The minimum absolute atomic E-state index is 0.341. The molecule has 0 radical (unpaired) electrons. The van der Waals surface area contributed by atoms with Crippen LogP contribution >= 0.6 is 0 Å². The summed E-state index contributed by atoms with van der Waals surface area (Å²) in [5.74, 6) is -0.838. The number of aryl methyl sites for hydroxylation is 1. The average molecular weight is 232 g/mol. The maximum Gasteiger partial charge on any atom is 0.310 e. The Morgan fingerprint density at radius 1 is 1.53 bits per heavy atom. The lowest BCUT2D eigenvalue weighted by Crippen LogP contribution is -2.31. The van der Waals surface area contributed by atoms with Gasteiger partial charge < -0.3 is 10.4 Å². The Hall–Kier alpha value is -2.02. The molecule has 0 saturated heterocycles. The highest BCUT2D eigenvalue weighted by Crippen LogP contribution is 2.19. The smallest absolute Gasteiger partial charge is 0.310 e. The van der Waals surface area contributed by atoms with Crippen molar-refractivity contribution in [3.8, 4) is 6.07 Å². The standard InChI is InChI=1S/C13H16N2O2/c1-9-6-11(5-4-10(9)7-14)15-8-13(2,3)12(16)17/h4-6,15H,8H2,1-3H3,(H,16,17). The Labute approximate surface area is 101 Å². The normalized spacial score (nSPS) is 10.7. The van der Waals surface area contributed by atoms with E-state index in [1.807, 2.05) is 13.0 Å². The summed E-state index contributed by atoms with van der Waals surface area (Å²) in [7, 11) is 0. The van der Waals surface area contributed by atoms with Gasteiger partial charge >= 0.3 is 5.97 Å². The number of rotatable bonds is 4. The number of nitrogens with one attached hydrogen (secondary N) is 1. The number of hydrogen-bond acceptors (Lipinski definition) is 3. The Morgan fingerprint density at radius 3 is 2.65 bits per heavy atom. The molecule has 2 N–H and O–H groups in total. The van der Waals surface area contributed by atoms with E-state index in [0.29, 0.717) is 12.1 Å². The third kappa shape index (κ3) is 3.22. The summed E-state index contributed by atoms with van der Waals surface area (Å²) in [6, 6.07) is 7.44. The van der Waals surface area contributed by atoms with E-state index in [1.165, 1.54) is 0 Å². The van der Waals surface area contributed by atoms with Crippen molar-refractivity contribution in [1.82, 2.24) is 0 Å². The van der Waals surface area contributed by atoms with Crippen LogP contribution in [-0.4, -0.2) is 17.6 Å². The van der Waals surface area contributed by atoms with E-state index in [0.717, 1.165) is 11.3 Å². The van der Waals surface area contributed by atoms with Crippen LogP contribution in [0.15, 0.2) is 18.2 Å². The zero-order valence-electron chi connectivity index (χ0n) is 10.2. The number of carboxylic acid groups (broad SMARTS) is 1. The van der Waals surface area contributed by atoms with Crippen LogP contribution in [0.3, 0.4) is 0 Å². The third-order valence-corrected chi connectivity index (χ3v) is 2.66. The SMILES string of the molecule is Cc1cc(NCC(C)(C)C(=O)O)ccc1C#N. The molecule has 0 unspecified atom stereocenters. The summed E-state index contributed by atoms with van der Waals surface area (Å²) in [4.78, 5) is 10.9. The van der Waals surface area contributed by atoms with Gasteiger partial charge in [0.25, 0.3) is 0 Å². The highest BCUT2D eigenvalue weighted by molar-refractivity contribution is 5.74. The fourth-order valence-corrected chi connectivity index (χ4v) is 1.30. The molecule has 0 amide bonds. The van der Waals surface area contributed by atoms with Crippen molar-refractivity contribution in [2.24, 2.45) is 5.41 Å². The summed E-state index contributed by atoms with van der Waals surface area (Å²) in [5, 5.41) is 20.8. The largest absolute Gasteiger partial charge is 0.481 e. The highest BCUT2D eigenvalue weighted by Gasteiger charge is 2.26. The topological polar surface area (TPSA) is 73.1 Å². The molecule has 1 aromatic carbocycles. The van der Waals surface area contributed by atoms with Crippen LogP contribution in [-0.2, 0) is 4.79 Å². The van der Waals surface area contributed by atoms with E-state index in [2.05, 4.69) is 11.4 Å². The van der Waals surface area contributed by atoms with Gasteiger partial charge in [0.15, 0.2) is 0 Å². The van der Waals surface area contributed by atoms with Crippen LogP contribution in [0.1, 0.15) is 25.0 Å². The quantitative estimate of drug-likeness (QED) is 0.836. The zero-order valence-corrected chi connectivity index (χ0v) is 10.2. The van der Waals surface area contributed by atoms with Crippen molar-refractivity contribution >= 4 is 11.7 Å². The number of anilines is 1.